The Morgan fingerprint density at radius 1 is 0.407 bits per heavy atom. The second-order valence-electron chi connectivity index (χ2n) is 54.4. The quantitative estimate of drug-likeness (QED) is 0.0174. The highest BCUT2D eigenvalue weighted by atomic mass is 16.6. The normalized spacial score (nSPS) is 42.5. The second-order valence-corrected chi connectivity index (χ2v) is 54.4. The van der Waals surface area contributed by atoms with E-state index in [1.54, 1.807) is 18.1 Å². The van der Waals surface area contributed by atoms with E-state index in [4.69, 9.17) is 18.9 Å². The predicted octanol–water partition coefficient (Wildman–Crippen LogP) is 25.9. The molecule has 0 aromatic carbocycles. The zero-order valence-electron chi connectivity index (χ0n) is 92.4. The monoisotopic (exact) mass is 1940 g/mol. The molecular weight excluding hydrogens is 1750 g/mol. The van der Waals surface area contributed by atoms with E-state index in [2.05, 4.69) is 243 Å². The number of esters is 1. The summed E-state index contributed by atoms with van der Waals surface area (Å²) in [5, 5.41) is 77.3. The molecule has 140 heavy (non-hydrogen) atoms. The average molecular weight is 1940 g/mol. The number of fused-ring (bicyclic) bond motifs is 19. The minimum Gasteiger partial charge on any atom is -0.464 e. The Balaban J connectivity index is 0.000000157. The van der Waals surface area contributed by atoms with Gasteiger partial charge in [0.15, 0.2) is 5.78 Å². The number of hydrogen-bond acceptors (Lipinski definition) is 16. The highest BCUT2D eigenvalue weighted by Crippen LogP contribution is 2.77. The van der Waals surface area contributed by atoms with Gasteiger partial charge in [0.1, 0.15) is 24.4 Å². The number of aliphatic hydroxyl groups excluding tert-OH is 6. The van der Waals surface area contributed by atoms with E-state index in [9.17, 15) is 59.7 Å². The Bertz CT molecular complexity index is 4910. The van der Waals surface area contributed by atoms with Crippen molar-refractivity contribution in [3.63, 3.8) is 0 Å². The first-order valence-corrected chi connectivity index (χ1v) is 55.4. The van der Waals surface area contributed by atoms with Gasteiger partial charge in [0, 0.05) is 58.8 Å². The lowest BCUT2D eigenvalue weighted by Crippen LogP contribution is -2.61. The summed E-state index contributed by atoms with van der Waals surface area (Å²) < 4.78 is 23.5. The third kappa shape index (κ3) is 18.1. The van der Waals surface area contributed by atoms with Gasteiger partial charge in [0.2, 0.25) is 0 Å². The van der Waals surface area contributed by atoms with Crippen LogP contribution in [0.1, 0.15) is 386 Å². The number of carbonyl (C=O) groups is 5. The van der Waals surface area contributed by atoms with Gasteiger partial charge in [-0.1, -0.05) is 265 Å². The van der Waals surface area contributed by atoms with E-state index in [0.29, 0.717) is 117 Å². The molecule has 0 amide bonds. The Labute approximate surface area is 846 Å². The average Bonchev–Trinajstić information content (AvgIpc) is 1.33. The second kappa shape index (κ2) is 40.1. The lowest BCUT2D eigenvalue weighted by molar-refractivity contribution is -0.174. The van der Waals surface area contributed by atoms with Gasteiger partial charge in [-0.3, -0.25) is 24.0 Å². The fraction of sp³-hybridized carbons (Fsp3) is 0.782. The van der Waals surface area contributed by atoms with Gasteiger partial charge in [0.25, 0.3) is 19.4 Å². The minimum atomic E-state index is -1.29. The van der Waals surface area contributed by atoms with Crippen LogP contribution in [0.25, 0.3) is 0 Å². The highest BCUT2D eigenvalue weighted by molar-refractivity contribution is 6.00. The maximum Gasteiger partial charge on any atom is 0.302 e. The van der Waals surface area contributed by atoms with Crippen LogP contribution in [0.2, 0.25) is 0 Å². The molecule has 0 radical (unpaired) electrons. The number of allylic oxidation sites excluding steroid dienone is 15. The predicted molar refractivity (Wildman–Crippen MR) is 561 cm³/mol. The number of rotatable bonds is 27. The number of hydrogen-bond donors (Lipinski definition) is 7. The van der Waals surface area contributed by atoms with Crippen molar-refractivity contribution in [3.8, 4) is 0 Å². The zero-order chi connectivity index (χ0) is 104. The lowest BCUT2D eigenvalue weighted by atomic mass is 9.44. The standard InChI is InChI=1S/C33H50O5.C31H48O4.C31H48O3.C29H46O4/c1-20(2)21(3)10-12-26(37-19-34)25-18-29(38-22(4)35)33(9)24-11-13-27-30(5,6)28(36)15-16-31(27,7)23(24)14-17-32(25,33)8;1-19(2)20(3)9-11-24(35-18-32)23-17-27(34)31(8)22-10-12-25-28(4,5)26(33)14-15-29(25,6)21(22)13-16-30(23,31)7;1-20(2)21(3)9-11-25(34-19-32)24-14-18-30(7)23-10-12-26-28(4,5)27(33)15-16-29(26,6)22(23)13-17-31(24,30)8;1-16(2)17(3)8-9-18(4)19-10-11-20-25-21(30)14-23-27(5,13-12-24(32)29(23,7)33)26(25)22(31)15-28(19,20)6/h11,14,19-20,25-29,36H,3,10,12-13,15-18H2,1-2,4-9H3;10,13,18-19,23-27,33-34H,3,9,11-12,14-17H2,1-2,4-8H3;10,13,19-20,24-27,33H,3,9,11-12,14-18H2,1-2,4-8H3;16,18-21,23-24,30,32-33H,3,8-15H2,1-2,4-7H3/t25-,26-,27+,28+,29+,31-,32-,33-;23-,24?,25+,26+,27+,29-,30-,31-;24-,25-,26+,27+,29-,30+,31-;18-,19-,20+,21?,23?,24?,27+,28-,29-/m1111/s1. The van der Waals surface area contributed by atoms with Crippen molar-refractivity contribution in [2.75, 3.05) is 0 Å². The van der Waals surface area contributed by atoms with Crippen LogP contribution in [-0.4, -0.2) is 134 Å². The number of ketones is 1. The van der Waals surface area contributed by atoms with Gasteiger partial charge >= 0.3 is 5.97 Å². The molecule has 8 saturated carbocycles. The van der Waals surface area contributed by atoms with Crippen LogP contribution in [0.4, 0.5) is 0 Å². The molecule has 32 atom stereocenters. The molecule has 0 aliphatic heterocycles. The molecular formula is C124H192O16. The molecule has 16 nitrogen and oxygen atoms in total. The summed E-state index contributed by atoms with van der Waals surface area (Å²) in [4.78, 5) is 61.0. The first-order chi connectivity index (χ1) is 65.0. The van der Waals surface area contributed by atoms with E-state index in [0.717, 1.165) is 171 Å². The summed E-state index contributed by atoms with van der Waals surface area (Å²) in [7, 11) is 0. The van der Waals surface area contributed by atoms with Gasteiger partial charge in [-0.05, 0) is 351 Å². The molecule has 0 heterocycles. The molecule has 16 heteroatoms. The number of aliphatic hydroxyl groups is 7. The molecule has 16 rings (SSSR count). The fourth-order valence-corrected chi connectivity index (χ4v) is 35.0. The van der Waals surface area contributed by atoms with Crippen LogP contribution in [-0.2, 0) is 42.9 Å². The summed E-state index contributed by atoms with van der Waals surface area (Å²) in [6.07, 6.45) is 37.1. The molecule has 7 N–H and O–H groups in total. The van der Waals surface area contributed by atoms with Crippen LogP contribution < -0.4 is 0 Å². The molecule has 0 aromatic rings. The molecule has 8 fully saturated rings. The maximum absolute atomic E-state index is 13.9. The van der Waals surface area contributed by atoms with Crippen molar-refractivity contribution in [1.82, 2.24) is 0 Å². The summed E-state index contributed by atoms with van der Waals surface area (Å²) >= 11 is 0. The van der Waals surface area contributed by atoms with E-state index < -0.39 is 40.2 Å². The molecule has 4 unspecified atom stereocenters. The van der Waals surface area contributed by atoms with E-state index in [-0.39, 0.29) is 138 Å². The number of Topliss-reactive ketones (excluding diaryl/α,β-unsaturated/α-hetero) is 1. The van der Waals surface area contributed by atoms with Gasteiger partial charge in [-0.25, -0.2) is 0 Å². The summed E-state index contributed by atoms with van der Waals surface area (Å²) in [5.74, 6) is 4.25. The van der Waals surface area contributed by atoms with E-state index in [1.165, 1.54) is 45.9 Å². The van der Waals surface area contributed by atoms with E-state index in [1.807, 2.05) is 0 Å². The molecule has 16 aliphatic carbocycles. The number of ether oxygens (including phenoxy) is 4. The van der Waals surface area contributed by atoms with Crippen molar-refractivity contribution in [2.45, 2.75) is 453 Å². The third-order valence-corrected chi connectivity index (χ3v) is 45.8. The Morgan fingerprint density at radius 2 is 0.779 bits per heavy atom. The van der Waals surface area contributed by atoms with Crippen molar-refractivity contribution in [1.29, 1.82) is 0 Å². The van der Waals surface area contributed by atoms with Crippen LogP contribution >= 0.6 is 0 Å². The topological polar surface area (TPSA) is 264 Å². The van der Waals surface area contributed by atoms with Crippen molar-refractivity contribution >= 4 is 31.2 Å². The van der Waals surface area contributed by atoms with Crippen LogP contribution in [0.15, 0.2) is 130 Å². The first kappa shape index (κ1) is 112. The molecule has 0 bridgehead atoms. The summed E-state index contributed by atoms with van der Waals surface area (Å²) in [6, 6.07) is 0. The molecule has 0 spiro atoms. The molecule has 0 saturated heterocycles. The summed E-state index contributed by atoms with van der Waals surface area (Å²) in [5.41, 5.74) is 11.9. The SMILES string of the molecule is C=C(CCC(OC=O)[C@H]1C[C@H](O)[C@@]2(C)C3=CC[C@H]4C(C)(C)[C@@H](O)CC[C@]4(C)C3=CC[C@]12C)C(C)C.C=C(CC[C@@H](C)[C@H]1CC[C@H]2C3=C(C(=O)C[C@]12C)[C@@]1(C)CCC(O)[C@](C)(O)C1CC3O)C(C)C.C=C(CC[C@@H](OC=O)[C@H]1CC[C@@]2(C)C3=CC[C@H]4C(C)(C)[C@@H](O)CC[C@]4(C)C3=CC[C@]12C)C(C)C.C=C(CC[C@@H](OC=O)[C@H]1C[C@H](OC(C)=O)[C@@]2(C)C3=CC[C@H]4C(C)(C)[C@@H](O)CC[C@]4(C)C3=CC[C@]12C)C(C)C. The Kier molecular flexibility index (Phi) is 32.0. The smallest absolute Gasteiger partial charge is 0.302 e. The third-order valence-electron chi connectivity index (χ3n) is 45.8. The fourth-order valence-electron chi connectivity index (χ4n) is 35.0. The Hall–Kier alpha value is -5.59. The number of carbonyl (C=O) groups excluding carboxylic acids is 5. The van der Waals surface area contributed by atoms with Crippen molar-refractivity contribution in [3.05, 3.63) is 130 Å². The lowest BCUT2D eigenvalue weighted by Gasteiger charge is -2.61. The summed E-state index contributed by atoms with van der Waals surface area (Å²) in [6.45, 7) is 80.9. The highest BCUT2D eigenvalue weighted by Gasteiger charge is 2.73. The molecule has 784 valence electrons. The van der Waals surface area contributed by atoms with Gasteiger partial charge in [-0.2, -0.15) is 0 Å². The Morgan fingerprint density at radius 3 is 1.20 bits per heavy atom. The largest absolute Gasteiger partial charge is 0.464 e. The first-order valence-electron chi connectivity index (χ1n) is 55.4. The van der Waals surface area contributed by atoms with Gasteiger partial charge in [-0.15, -0.1) is 0 Å². The van der Waals surface area contributed by atoms with Crippen molar-refractivity contribution in [2.24, 2.45) is 159 Å². The van der Waals surface area contributed by atoms with Gasteiger partial charge < -0.3 is 54.7 Å². The van der Waals surface area contributed by atoms with Crippen LogP contribution in [0.5, 0.6) is 0 Å². The van der Waals surface area contributed by atoms with E-state index >= 15 is 0 Å². The van der Waals surface area contributed by atoms with Crippen LogP contribution in [0, 0.1) is 159 Å². The molecule has 16 aliphatic rings. The van der Waals surface area contributed by atoms with Crippen molar-refractivity contribution < 1.29 is 78.7 Å². The minimum absolute atomic E-state index is 0.00264. The van der Waals surface area contributed by atoms with Gasteiger partial charge in [0.05, 0.1) is 42.2 Å². The molecule has 0 aromatic heterocycles. The van der Waals surface area contributed by atoms with Crippen LogP contribution in [0.3, 0.4) is 0 Å². The zero-order valence-corrected chi connectivity index (χ0v) is 92.4. The maximum atomic E-state index is 13.9.